The molecule has 4 rings (SSSR count). The number of aromatic nitrogens is 3. The van der Waals surface area contributed by atoms with Crippen molar-refractivity contribution in [1.82, 2.24) is 14.5 Å². The molecule has 0 saturated carbocycles. The Hall–Kier alpha value is -3.46. The van der Waals surface area contributed by atoms with Crippen LogP contribution in [0.5, 0.6) is 0 Å². The maximum Gasteiger partial charge on any atom is 0.273 e. The van der Waals surface area contributed by atoms with E-state index in [4.69, 9.17) is 4.74 Å². The zero-order valence-corrected chi connectivity index (χ0v) is 18.4. The van der Waals surface area contributed by atoms with Crippen LogP contribution in [0.3, 0.4) is 0 Å². The Morgan fingerprint density at radius 2 is 1.91 bits per heavy atom. The third-order valence-electron chi connectivity index (χ3n) is 5.67. The molecule has 1 saturated heterocycles. The zero-order valence-electron chi connectivity index (χ0n) is 18.4. The standard InChI is InChI=1S/C24H24F2N4O3/c1-15-20(19-10-21(24(32)29(2)14-19)30-3-5-33-6-4-30)9-17(13-28-15)22(31)8-16-7-18(23(25)26)12-27-11-16/h7,9-14,23H,3-6,8H2,1-2H3. The monoisotopic (exact) mass is 454 g/mol. The number of morpholine rings is 1. The maximum absolute atomic E-state index is 13.0. The number of ketones is 1. The van der Waals surface area contributed by atoms with Crippen LogP contribution in [0.25, 0.3) is 11.1 Å². The number of aryl methyl sites for hydroxylation is 2. The number of anilines is 1. The van der Waals surface area contributed by atoms with Crippen molar-refractivity contribution in [3.63, 3.8) is 0 Å². The first-order valence-electron chi connectivity index (χ1n) is 10.6. The van der Waals surface area contributed by atoms with E-state index < -0.39 is 6.43 Å². The van der Waals surface area contributed by atoms with Gasteiger partial charge in [0, 0.05) is 79.3 Å². The minimum Gasteiger partial charge on any atom is -0.378 e. The topological polar surface area (TPSA) is 77.3 Å². The van der Waals surface area contributed by atoms with Crippen LogP contribution in [-0.2, 0) is 18.2 Å². The summed E-state index contributed by atoms with van der Waals surface area (Å²) < 4.78 is 32.8. The summed E-state index contributed by atoms with van der Waals surface area (Å²) in [6.07, 6.45) is 3.00. The highest BCUT2D eigenvalue weighted by atomic mass is 19.3. The van der Waals surface area contributed by atoms with E-state index in [1.807, 2.05) is 17.9 Å². The Morgan fingerprint density at radius 1 is 1.15 bits per heavy atom. The van der Waals surface area contributed by atoms with Crippen molar-refractivity contribution in [2.45, 2.75) is 19.8 Å². The van der Waals surface area contributed by atoms with Gasteiger partial charge in [-0.15, -0.1) is 0 Å². The largest absolute Gasteiger partial charge is 0.378 e. The average molecular weight is 454 g/mol. The second-order valence-electron chi connectivity index (χ2n) is 8.01. The fourth-order valence-corrected chi connectivity index (χ4v) is 3.86. The third-order valence-corrected chi connectivity index (χ3v) is 5.67. The number of rotatable bonds is 6. The summed E-state index contributed by atoms with van der Waals surface area (Å²) in [5.74, 6) is -0.254. The second kappa shape index (κ2) is 9.58. The van der Waals surface area contributed by atoms with Gasteiger partial charge < -0.3 is 14.2 Å². The van der Waals surface area contributed by atoms with Crippen molar-refractivity contribution < 1.29 is 18.3 Å². The van der Waals surface area contributed by atoms with Crippen LogP contribution >= 0.6 is 0 Å². The first kappa shape index (κ1) is 22.7. The number of Topliss-reactive ketones (excluding diaryl/α,β-unsaturated/α-hetero) is 1. The average Bonchev–Trinajstić information content (AvgIpc) is 2.81. The first-order valence-corrected chi connectivity index (χ1v) is 10.6. The summed E-state index contributed by atoms with van der Waals surface area (Å²) in [6, 6.07) is 4.85. The molecule has 0 N–H and O–H groups in total. The van der Waals surface area contributed by atoms with Crippen LogP contribution in [0, 0.1) is 6.92 Å². The Labute approximate surface area is 189 Å². The van der Waals surface area contributed by atoms with E-state index in [0.717, 1.165) is 17.3 Å². The van der Waals surface area contributed by atoms with E-state index in [-0.39, 0.29) is 23.3 Å². The smallest absolute Gasteiger partial charge is 0.273 e. The van der Waals surface area contributed by atoms with Crippen molar-refractivity contribution in [1.29, 1.82) is 0 Å². The molecule has 0 atom stereocenters. The lowest BCUT2D eigenvalue weighted by Crippen LogP contribution is -2.40. The molecular weight excluding hydrogens is 430 g/mol. The van der Waals surface area contributed by atoms with E-state index in [1.165, 1.54) is 23.0 Å². The molecule has 33 heavy (non-hydrogen) atoms. The lowest BCUT2D eigenvalue weighted by molar-refractivity contribution is 0.0992. The van der Waals surface area contributed by atoms with Gasteiger partial charge in [0.05, 0.1) is 13.2 Å². The van der Waals surface area contributed by atoms with Crippen LogP contribution < -0.4 is 10.5 Å². The molecule has 0 bridgehead atoms. The number of carbonyl (C=O) groups is 1. The minimum atomic E-state index is -2.65. The van der Waals surface area contributed by atoms with Gasteiger partial charge in [-0.2, -0.15) is 0 Å². The summed E-state index contributed by atoms with van der Waals surface area (Å²) in [6.45, 7) is 4.19. The summed E-state index contributed by atoms with van der Waals surface area (Å²) >= 11 is 0. The Bertz CT molecular complexity index is 1240. The van der Waals surface area contributed by atoms with E-state index in [1.54, 1.807) is 19.3 Å². The first-order chi connectivity index (χ1) is 15.8. The number of halogens is 2. The molecular formula is C24H24F2N4O3. The molecule has 7 nitrogen and oxygen atoms in total. The Kier molecular flexibility index (Phi) is 6.60. The highest BCUT2D eigenvalue weighted by Crippen LogP contribution is 2.26. The van der Waals surface area contributed by atoms with E-state index in [0.29, 0.717) is 48.8 Å². The zero-order chi connectivity index (χ0) is 23.5. The fourth-order valence-electron chi connectivity index (χ4n) is 3.86. The summed E-state index contributed by atoms with van der Waals surface area (Å²) in [5, 5.41) is 0. The van der Waals surface area contributed by atoms with E-state index >= 15 is 0 Å². The van der Waals surface area contributed by atoms with Gasteiger partial charge >= 0.3 is 0 Å². The molecule has 4 heterocycles. The molecule has 3 aromatic rings. The molecule has 1 fully saturated rings. The van der Waals surface area contributed by atoms with Crippen molar-refractivity contribution in [2.24, 2.45) is 7.05 Å². The molecule has 1 aliphatic heterocycles. The Morgan fingerprint density at radius 3 is 2.64 bits per heavy atom. The Balaban J connectivity index is 1.66. The fraction of sp³-hybridized carbons (Fsp3) is 0.333. The number of alkyl halides is 2. The SMILES string of the molecule is Cc1ncc(C(=O)Cc2cncc(C(F)F)c2)cc1-c1cc(N2CCOCC2)c(=O)n(C)c1. The van der Waals surface area contributed by atoms with Crippen LogP contribution in [0.15, 0.2) is 47.8 Å². The van der Waals surface area contributed by atoms with E-state index in [9.17, 15) is 18.4 Å². The third kappa shape index (κ3) is 4.98. The number of carbonyl (C=O) groups excluding carboxylic acids is 1. The van der Waals surface area contributed by atoms with Crippen molar-refractivity contribution in [3.05, 3.63) is 75.7 Å². The van der Waals surface area contributed by atoms with Crippen LogP contribution in [0.4, 0.5) is 14.5 Å². The van der Waals surface area contributed by atoms with Gasteiger partial charge in [0.25, 0.3) is 12.0 Å². The summed E-state index contributed by atoms with van der Waals surface area (Å²) in [7, 11) is 1.69. The molecule has 0 spiro atoms. The van der Waals surface area contributed by atoms with E-state index in [2.05, 4.69) is 9.97 Å². The number of nitrogens with zero attached hydrogens (tertiary/aromatic N) is 4. The second-order valence-corrected chi connectivity index (χ2v) is 8.01. The molecule has 0 amide bonds. The highest BCUT2D eigenvalue weighted by molar-refractivity contribution is 5.98. The van der Waals surface area contributed by atoms with Crippen molar-refractivity contribution >= 4 is 11.5 Å². The van der Waals surface area contributed by atoms with Gasteiger partial charge in [0.15, 0.2) is 5.78 Å². The summed E-state index contributed by atoms with van der Waals surface area (Å²) in [4.78, 5) is 35.8. The molecule has 0 radical (unpaired) electrons. The molecule has 0 aromatic carbocycles. The van der Waals surface area contributed by atoms with Crippen molar-refractivity contribution in [2.75, 3.05) is 31.2 Å². The summed E-state index contributed by atoms with van der Waals surface area (Å²) in [5.41, 5.74) is 3.22. The minimum absolute atomic E-state index is 0.0654. The lowest BCUT2D eigenvalue weighted by Gasteiger charge is -2.28. The van der Waals surface area contributed by atoms with Gasteiger partial charge in [-0.3, -0.25) is 19.6 Å². The number of ether oxygens (including phenoxy) is 1. The lowest BCUT2D eigenvalue weighted by atomic mass is 9.99. The van der Waals surface area contributed by atoms with Gasteiger partial charge in [-0.05, 0) is 30.7 Å². The van der Waals surface area contributed by atoms with Crippen LogP contribution in [0.2, 0.25) is 0 Å². The highest BCUT2D eigenvalue weighted by Gasteiger charge is 2.19. The van der Waals surface area contributed by atoms with Gasteiger partial charge in [0.1, 0.15) is 5.69 Å². The van der Waals surface area contributed by atoms with Crippen LogP contribution in [0.1, 0.15) is 33.6 Å². The van der Waals surface area contributed by atoms with Crippen molar-refractivity contribution in [3.8, 4) is 11.1 Å². The predicted octanol–water partition coefficient (Wildman–Crippen LogP) is 3.35. The predicted molar refractivity (Wildman–Crippen MR) is 120 cm³/mol. The molecule has 0 aliphatic carbocycles. The molecule has 9 heteroatoms. The molecule has 172 valence electrons. The maximum atomic E-state index is 13.0. The van der Waals surface area contributed by atoms with Gasteiger partial charge in [0.2, 0.25) is 0 Å². The van der Waals surface area contributed by atoms with Crippen LogP contribution in [-0.4, -0.2) is 46.6 Å². The number of hydrogen-bond donors (Lipinski definition) is 0. The molecule has 3 aromatic heterocycles. The van der Waals surface area contributed by atoms with Gasteiger partial charge in [-0.25, -0.2) is 8.78 Å². The quantitative estimate of drug-likeness (QED) is 0.532. The normalized spacial score (nSPS) is 14.0. The van der Waals surface area contributed by atoms with Gasteiger partial charge in [-0.1, -0.05) is 0 Å². The number of pyridine rings is 3. The number of hydrogen-bond acceptors (Lipinski definition) is 6. The molecule has 0 unspecified atom stereocenters. The molecule has 1 aliphatic rings.